The second kappa shape index (κ2) is 54.8. The second-order valence-electron chi connectivity index (χ2n) is 36.0. The number of carboxylic acid groups (broad SMARTS) is 2. The van der Waals surface area contributed by atoms with Gasteiger partial charge in [0, 0.05) is 16.8 Å². The van der Waals surface area contributed by atoms with Crippen molar-refractivity contribution in [1.29, 1.82) is 0 Å². The summed E-state index contributed by atoms with van der Waals surface area (Å²) in [5, 5.41) is 85.2. The van der Waals surface area contributed by atoms with Gasteiger partial charge in [-0.25, -0.2) is 27.8 Å². The maximum atomic E-state index is 11.8. The van der Waals surface area contributed by atoms with Gasteiger partial charge in [-0.3, -0.25) is 13.9 Å². The molecule has 0 spiro atoms. The minimum absolute atomic E-state index is 0. The van der Waals surface area contributed by atoms with Crippen LogP contribution in [0.4, 0.5) is 0 Å². The quantitative estimate of drug-likeness (QED) is 0.00819. The fourth-order valence-electron chi connectivity index (χ4n) is 21.4. The largest absolute Gasteiger partial charge is 1.00 e. The van der Waals surface area contributed by atoms with Crippen molar-refractivity contribution in [2.24, 2.45) is 116 Å². The molecule has 0 aliphatic heterocycles. The van der Waals surface area contributed by atoms with Crippen LogP contribution in [0.15, 0.2) is 0 Å². The van der Waals surface area contributed by atoms with Crippen LogP contribution in [0.2, 0.25) is 0 Å². The van der Waals surface area contributed by atoms with Crippen LogP contribution in [-0.2, 0) is 57.4 Å². The number of fused-ring (bicyclic) bond motifs is 10. The number of ketones is 1. The Morgan fingerprint density at radius 3 is 1.07 bits per heavy atom. The summed E-state index contributed by atoms with van der Waals surface area (Å²) < 4.78 is 94.7. The number of aliphatic hydroxyl groups excluding tert-OH is 5. The molecule has 26 atom stereocenters. The zero-order chi connectivity index (χ0) is 87.1. The van der Waals surface area contributed by atoms with Gasteiger partial charge in [-0.15, -0.1) is 0 Å². The standard InChI is InChI=1S/2C34H65N3O5S.C4H8O2.2C3H6O3.CH4.Na.H3O4P.HO4P.H/c2*1-23(2)31(42-43(39,40)41)12-9-24(3)27-10-11-28-32-29(14-16-34(27,28)5)33(4)15-13-26(21-25(33)22-30(32)38)37-20-8-19-36-18-7-6-17-35;1-3(5)4(2)6;2*1-2(4)3(5)6;;;1-5(2,3)4;1-4-5(2)3;/h2*23-32,36-38H,6-22,35H2,1-5H3,(H,39,40,41);3,5H,1-2H3;2*2,4H,1H3,(H,5,6);1H4;;(H3,1,2,3,4);1H;/q;;;;;;+1;;;-1/t2*24-,25-,26+,27-,28?,29?,30-,31-,32?,33+,34-;3-;2*2-;;;;;/m11000...../s1. The van der Waals surface area contributed by atoms with Gasteiger partial charge < -0.3 is 89.5 Å². The summed E-state index contributed by atoms with van der Waals surface area (Å²) in [4.78, 5) is 59.3. The number of carbonyl (C=O) groups is 3. The Morgan fingerprint density at radius 1 is 0.526 bits per heavy atom. The molecule has 0 heterocycles. The molecule has 0 aromatic rings. The summed E-state index contributed by atoms with van der Waals surface area (Å²) in [6, 6.07) is 1.15. The Kier molecular flexibility index (Phi) is 54.3. The average Bonchev–Trinajstić information content (AvgIpc) is 1.71. The summed E-state index contributed by atoms with van der Waals surface area (Å²) in [5.41, 5.74) is 12.3. The fraction of sp³-hybridized carbons (Fsp3) is 0.962. The van der Waals surface area contributed by atoms with E-state index in [0.717, 1.165) is 117 Å². The molecule has 21 N–H and O–H groups in total. The third kappa shape index (κ3) is 38.9. The Balaban J connectivity index is 0. The molecule has 0 amide bonds. The van der Waals surface area contributed by atoms with Crippen molar-refractivity contribution in [2.75, 3.05) is 52.4 Å². The molecule has 7 unspecified atom stereocenters. The van der Waals surface area contributed by atoms with Crippen LogP contribution in [0, 0.1) is 105 Å². The molecule has 116 heavy (non-hydrogen) atoms. The molecule has 8 fully saturated rings. The number of aliphatic carboxylic acids is 2. The van der Waals surface area contributed by atoms with Gasteiger partial charge >= 0.3 is 78.4 Å². The van der Waals surface area contributed by atoms with E-state index in [1.807, 2.05) is 27.7 Å². The van der Waals surface area contributed by atoms with Crippen LogP contribution in [-0.4, -0.2) is 207 Å². The van der Waals surface area contributed by atoms with Gasteiger partial charge in [0.15, 0.2) is 5.78 Å². The van der Waals surface area contributed by atoms with Gasteiger partial charge in [-0.1, -0.05) is 76.7 Å². The van der Waals surface area contributed by atoms with Gasteiger partial charge in [0.2, 0.25) is 0 Å². The van der Waals surface area contributed by atoms with Crippen molar-refractivity contribution in [3.8, 4) is 0 Å². The van der Waals surface area contributed by atoms with Crippen molar-refractivity contribution in [3.63, 3.8) is 0 Å². The Morgan fingerprint density at radius 2 is 0.810 bits per heavy atom. The van der Waals surface area contributed by atoms with Gasteiger partial charge in [0.1, 0.15) is 18.3 Å². The van der Waals surface area contributed by atoms with Gasteiger partial charge in [0.25, 0.3) is 0 Å². The maximum Gasteiger partial charge on any atom is 1.00 e. The summed E-state index contributed by atoms with van der Waals surface area (Å²) in [5.74, 6) is 3.87. The third-order valence-corrected chi connectivity index (χ3v) is 28.7. The van der Waals surface area contributed by atoms with Crippen LogP contribution in [0.5, 0.6) is 0 Å². The van der Waals surface area contributed by atoms with Crippen molar-refractivity contribution >= 4 is 54.6 Å². The number of hydrogen-bond donors (Lipinski definition) is 19. The molecule has 8 rings (SSSR count). The molecule has 0 aromatic heterocycles. The fourth-order valence-corrected chi connectivity index (χ4v) is 22.7. The number of rotatable bonds is 36. The predicted octanol–water partition coefficient (Wildman–Crippen LogP) is 6.28. The van der Waals surface area contributed by atoms with Gasteiger partial charge in [0.05, 0.1) is 24.4 Å². The van der Waals surface area contributed by atoms with Crippen LogP contribution in [0.3, 0.4) is 0 Å². The molecule has 8 aliphatic carbocycles. The van der Waals surface area contributed by atoms with E-state index in [1.54, 1.807) is 0 Å². The zero-order valence-electron chi connectivity index (χ0n) is 72.8. The van der Waals surface area contributed by atoms with Crippen LogP contribution in [0.1, 0.15) is 273 Å². The summed E-state index contributed by atoms with van der Waals surface area (Å²) in [6.07, 6.45) is 24.2. The molecule has 0 radical (unpaired) electrons. The number of aliphatic hydroxyl groups is 5. The van der Waals surface area contributed by atoms with E-state index in [4.69, 9.17) is 79.3 Å². The first-order chi connectivity index (χ1) is 52.8. The zero-order valence-corrected chi connectivity index (χ0v) is 77.2. The Labute approximate surface area is 719 Å². The Bertz CT molecular complexity index is 2890. The van der Waals surface area contributed by atoms with E-state index in [2.05, 4.69) is 67.5 Å². The smallest absolute Gasteiger partial charge is 1.00 e. The number of phosphoric acid groups is 1. The van der Waals surface area contributed by atoms with Crippen molar-refractivity contribution in [3.05, 3.63) is 0 Å². The van der Waals surface area contributed by atoms with Gasteiger partial charge in [-0.05, 0) is 356 Å². The minimum atomic E-state index is -4.64. The van der Waals surface area contributed by atoms with E-state index in [9.17, 15) is 50.5 Å². The van der Waals surface area contributed by atoms with E-state index < -0.39 is 79.3 Å². The van der Waals surface area contributed by atoms with E-state index in [1.165, 1.54) is 118 Å². The predicted molar refractivity (Wildman–Crippen MR) is 442 cm³/mol. The number of hydrogen-bond acceptors (Lipinski definition) is 25. The monoisotopic (exact) mass is 1760 g/mol. The van der Waals surface area contributed by atoms with E-state index >= 15 is 0 Å². The number of nitrogens with two attached hydrogens (primary N) is 2. The number of unbranched alkanes of at least 4 members (excludes halogenated alkanes) is 2. The van der Waals surface area contributed by atoms with Crippen LogP contribution >= 0.6 is 16.1 Å². The SMILES string of the molecule is C.CC(=O)[C@H](C)O.CC(C)[C@@H](CC[C@@H](C)[C@H]1CCC2C3C(CC[C@@]21C)[C@@]1(C)CC[C@H](NCCCNCCCCN)C[C@@H]1C[C@H]3O)OS(=O)(=O)O.CC(C)[C@@H](CC[C@@H](C)[C@H]1CCC2C3C(CC[C@@]21C)[C@@]1(C)CC[C@H](NCCCNCCCCN)C[C@@H]1C[C@H]3O)OS(=O)(=O)O.C[C@H](O)C(=O)O.C[C@H](O)C(=O)O.O=P(O)(O)O.O=[P+]([O-])OO.[H-].[Na+]. The summed E-state index contributed by atoms with van der Waals surface area (Å²) >= 11 is 0. The van der Waals surface area contributed by atoms with E-state index in [0.29, 0.717) is 107 Å². The number of carbonyl (C=O) groups excluding carboxylic acids is 1. The first-order valence-electron chi connectivity index (χ1n) is 42.0. The molecular formula is C79H159N6NaO26P2S2. The molecule has 8 saturated carbocycles. The molecule has 684 valence electrons. The maximum absolute atomic E-state index is 11.8. The topological polar surface area (TPSA) is 568 Å². The number of nitrogens with one attached hydrogen (secondary N) is 4. The van der Waals surface area contributed by atoms with E-state index in [-0.39, 0.29) is 79.1 Å². The van der Waals surface area contributed by atoms with Gasteiger partial charge in [-0.2, -0.15) is 16.8 Å². The molecule has 0 aromatic carbocycles. The average molecular weight is 1760 g/mol. The van der Waals surface area contributed by atoms with Crippen molar-refractivity contribution < 1.29 is 154 Å². The first kappa shape index (κ1) is 115. The number of Topliss-reactive ketones (excluding diaryl/α,β-unsaturated/α-hetero) is 1. The van der Waals surface area contributed by atoms with Crippen molar-refractivity contribution in [2.45, 2.75) is 326 Å². The minimum Gasteiger partial charge on any atom is -1.00 e. The molecular weight excluding hydrogens is 1600 g/mol. The molecule has 0 bridgehead atoms. The normalized spacial score (nSPS) is 32.2. The summed E-state index contributed by atoms with van der Waals surface area (Å²) in [7, 11) is -16.6. The molecule has 0 saturated heterocycles. The third-order valence-electron chi connectivity index (χ3n) is 27.6. The molecule has 32 nitrogen and oxygen atoms in total. The van der Waals surface area contributed by atoms with Crippen LogP contribution < -0.4 is 67.2 Å². The van der Waals surface area contributed by atoms with Crippen LogP contribution in [0.25, 0.3) is 0 Å². The molecule has 37 heteroatoms. The Hall–Kier alpha value is -1.00. The summed E-state index contributed by atoms with van der Waals surface area (Å²) in [6.45, 7) is 35.7. The molecule has 8 aliphatic rings. The second-order valence-corrected chi connectivity index (χ2v) is 39.7. The van der Waals surface area contributed by atoms with Crippen molar-refractivity contribution in [1.82, 2.24) is 21.3 Å². The first-order valence-corrected chi connectivity index (χ1v) is 47.4. The number of carboxylic acids is 2.